The number of rotatable bonds is 3. The van der Waals surface area contributed by atoms with Crippen LogP contribution < -0.4 is 0 Å². The average Bonchev–Trinajstić information content (AvgIpc) is 3.19. The van der Waals surface area contributed by atoms with Crippen LogP contribution in [0.2, 0.25) is 0 Å². The molecule has 1 amide bonds. The van der Waals surface area contributed by atoms with E-state index in [1.54, 1.807) is 6.92 Å². The standard InChI is InChI=1S/C18H28N4O4S/c1-2-27(24,25)22-8-3-14(4-9-22)17(23)21-10-6-18(7-11-21)16-15(5-12-26-18)13-19-20-16/h13-14H,2-12H2,1H3,(H,19,20). The summed E-state index contributed by atoms with van der Waals surface area (Å²) in [5.41, 5.74) is 1.98. The van der Waals surface area contributed by atoms with Crippen LogP contribution in [0.4, 0.5) is 0 Å². The molecular weight excluding hydrogens is 368 g/mol. The molecule has 0 aliphatic carbocycles. The van der Waals surface area contributed by atoms with Crippen molar-refractivity contribution in [3.63, 3.8) is 0 Å². The van der Waals surface area contributed by atoms with Gasteiger partial charge in [0.25, 0.3) is 0 Å². The van der Waals surface area contributed by atoms with Crippen LogP contribution in [-0.4, -0.2) is 72.3 Å². The molecular formula is C18H28N4O4S. The summed E-state index contributed by atoms with van der Waals surface area (Å²) in [7, 11) is -3.15. The van der Waals surface area contributed by atoms with E-state index in [-0.39, 0.29) is 23.2 Å². The quantitative estimate of drug-likeness (QED) is 0.818. The van der Waals surface area contributed by atoms with Crippen molar-refractivity contribution in [2.75, 3.05) is 38.5 Å². The fourth-order valence-corrected chi connectivity index (χ4v) is 5.76. The number of fused-ring (bicyclic) bond motifs is 2. The fraction of sp³-hybridized carbons (Fsp3) is 0.778. The number of aromatic amines is 1. The molecule has 1 aromatic heterocycles. The van der Waals surface area contributed by atoms with Crippen molar-refractivity contribution in [2.24, 2.45) is 5.92 Å². The number of ether oxygens (including phenoxy) is 1. The lowest BCUT2D eigenvalue weighted by Gasteiger charge is -2.44. The van der Waals surface area contributed by atoms with E-state index in [4.69, 9.17) is 4.74 Å². The summed E-state index contributed by atoms with van der Waals surface area (Å²) in [6.07, 6.45) is 5.54. The highest BCUT2D eigenvalue weighted by atomic mass is 32.2. The van der Waals surface area contributed by atoms with E-state index < -0.39 is 10.0 Å². The Bertz CT molecular complexity index is 790. The molecule has 4 heterocycles. The summed E-state index contributed by atoms with van der Waals surface area (Å²) in [4.78, 5) is 14.9. The molecule has 0 aromatic carbocycles. The molecule has 0 radical (unpaired) electrons. The van der Waals surface area contributed by atoms with E-state index in [2.05, 4.69) is 10.2 Å². The number of piperidine rings is 2. The van der Waals surface area contributed by atoms with Crippen molar-refractivity contribution in [1.29, 1.82) is 0 Å². The maximum atomic E-state index is 12.9. The molecule has 0 bridgehead atoms. The first-order valence-electron chi connectivity index (χ1n) is 9.88. The van der Waals surface area contributed by atoms with Crippen LogP contribution in [0, 0.1) is 5.92 Å². The zero-order valence-corrected chi connectivity index (χ0v) is 16.6. The van der Waals surface area contributed by atoms with Gasteiger partial charge in [0.2, 0.25) is 15.9 Å². The Kier molecular flexibility index (Phi) is 5.02. The molecule has 8 nitrogen and oxygen atoms in total. The van der Waals surface area contributed by atoms with Gasteiger partial charge in [-0.05, 0) is 44.6 Å². The van der Waals surface area contributed by atoms with Gasteiger partial charge >= 0.3 is 0 Å². The lowest BCUT2D eigenvalue weighted by molar-refractivity contribution is -0.146. The number of H-pyrrole nitrogens is 1. The highest BCUT2D eigenvalue weighted by molar-refractivity contribution is 7.89. The van der Waals surface area contributed by atoms with Crippen LogP contribution in [-0.2, 0) is 31.6 Å². The van der Waals surface area contributed by atoms with E-state index in [0.29, 0.717) is 45.6 Å². The van der Waals surface area contributed by atoms with Crippen molar-refractivity contribution in [3.05, 3.63) is 17.5 Å². The van der Waals surface area contributed by atoms with Gasteiger partial charge in [0.05, 0.1) is 24.3 Å². The van der Waals surface area contributed by atoms with Crippen LogP contribution in [0.25, 0.3) is 0 Å². The molecule has 0 saturated carbocycles. The van der Waals surface area contributed by atoms with Crippen LogP contribution in [0.1, 0.15) is 43.9 Å². The third kappa shape index (κ3) is 3.40. The van der Waals surface area contributed by atoms with Gasteiger partial charge in [-0.25, -0.2) is 12.7 Å². The molecule has 9 heteroatoms. The number of nitrogens with one attached hydrogen (secondary N) is 1. The Labute approximate surface area is 160 Å². The van der Waals surface area contributed by atoms with Crippen LogP contribution in [0.3, 0.4) is 0 Å². The maximum Gasteiger partial charge on any atom is 0.225 e. The van der Waals surface area contributed by atoms with E-state index >= 15 is 0 Å². The van der Waals surface area contributed by atoms with Gasteiger partial charge in [-0.15, -0.1) is 0 Å². The summed E-state index contributed by atoms with van der Waals surface area (Å²) < 4.78 is 31.7. The predicted molar refractivity (Wildman–Crippen MR) is 99.5 cm³/mol. The number of carbonyl (C=O) groups is 1. The van der Waals surface area contributed by atoms with Gasteiger partial charge in [0.1, 0.15) is 5.60 Å². The number of nitrogens with zero attached hydrogens (tertiary/aromatic N) is 3. The molecule has 1 aromatic rings. The molecule has 150 valence electrons. The predicted octanol–water partition coefficient (Wildman–Crippen LogP) is 0.862. The number of sulfonamides is 1. The van der Waals surface area contributed by atoms with Gasteiger partial charge in [-0.3, -0.25) is 9.89 Å². The fourth-order valence-electron chi connectivity index (χ4n) is 4.63. The summed E-state index contributed by atoms with van der Waals surface area (Å²) in [5.74, 6) is 0.214. The normalized spacial score (nSPS) is 24.1. The lowest BCUT2D eigenvalue weighted by atomic mass is 9.83. The van der Waals surface area contributed by atoms with E-state index in [0.717, 1.165) is 25.0 Å². The summed E-state index contributed by atoms with van der Waals surface area (Å²) >= 11 is 0. The van der Waals surface area contributed by atoms with Gasteiger partial charge in [-0.2, -0.15) is 5.10 Å². The number of hydrogen-bond acceptors (Lipinski definition) is 5. The van der Waals surface area contributed by atoms with Gasteiger partial charge in [0, 0.05) is 32.1 Å². The average molecular weight is 397 g/mol. The third-order valence-corrected chi connectivity index (χ3v) is 8.25. The zero-order valence-electron chi connectivity index (χ0n) is 15.8. The van der Waals surface area contributed by atoms with Crippen molar-refractivity contribution in [2.45, 2.75) is 44.6 Å². The molecule has 27 heavy (non-hydrogen) atoms. The summed E-state index contributed by atoms with van der Waals surface area (Å²) in [5, 5.41) is 7.28. The first-order valence-corrected chi connectivity index (χ1v) is 11.5. The molecule has 0 atom stereocenters. The zero-order chi connectivity index (χ0) is 19.1. The minimum Gasteiger partial charge on any atom is -0.368 e. The van der Waals surface area contributed by atoms with E-state index in [1.165, 1.54) is 9.87 Å². The number of hydrogen-bond donors (Lipinski definition) is 1. The molecule has 3 aliphatic rings. The molecule has 3 aliphatic heterocycles. The van der Waals surface area contributed by atoms with Gasteiger partial charge < -0.3 is 9.64 Å². The minimum atomic E-state index is -3.15. The topological polar surface area (TPSA) is 95.6 Å². The Balaban J connectivity index is 1.35. The van der Waals surface area contributed by atoms with Gasteiger partial charge in [-0.1, -0.05) is 0 Å². The number of amides is 1. The second-order valence-electron chi connectivity index (χ2n) is 7.76. The second kappa shape index (κ2) is 7.18. The number of carbonyl (C=O) groups excluding carboxylic acids is 1. The Morgan fingerprint density at radius 2 is 2.00 bits per heavy atom. The maximum absolute atomic E-state index is 12.9. The lowest BCUT2D eigenvalue weighted by Crippen LogP contribution is -2.51. The van der Waals surface area contributed by atoms with Crippen LogP contribution in [0.15, 0.2) is 6.20 Å². The molecule has 0 unspecified atom stereocenters. The van der Waals surface area contributed by atoms with Crippen molar-refractivity contribution in [3.8, 4) is 0 Å². The third-order valence-electron chi connectivity index (χ3n) is 6.37. The first kappa shape index (κ1) is 18.9. The van der Waals surface area contributed by atoms with Crippen LogP contribution >= 0.6 is 0 Å². The molecule has 1 spiro atoms. The highest BCUT2D eigenvalue weighted by Crippen LogP contribution is 2.40. The van der Waals surface area contributed by atoms with Crippen molar-refractivity contribution in [1.82, 2.24) is 19.4 Å². The molecule has 1 N–H and O–H groups in total. The Morgan fingerprint density at radius 3 is 2.67 bits per heavy atom. The highest BCUT2D eigenvalue weighted by Gasteiger charge is 2.44. The van der Waals surface area contributed by atoms with Crippen LogP contribution in [0.5, 0.6) is 0 Å². The Morgan fingerprint density at radius 1 is 1.30 bits per heavy atom. The number of likely N-dealkylation sites (tertiary alicyclic amines) is 1. The summed E-state index contributed by atoms with van der Waals surface area (Å²) in [6, 6.07) is 0. The Hall–Kier alpha value is -1.45. The largest absolute Gasteiger partial charge is 0.368 e. The smallest absolute Gasteiger partial charge is 0.225 e. The monoisotopic (exact) mass is 396 g/mol. The minimum absolute atomic E-state index is 0.0719. The summed E-state index contributed by atoms with van der Waals surface area (Å²) in [6.45, 7) is 4.60. The van der Waals surface area contributed by atoms with E-state index in [1.807, 2.05) is 11.1 Å². The number of aromatic nitrogens is 2. The SMILES string of the molecule is CCS(=O)(=O)N1CCC(C(=O)N2CCC3(CC2)OCCc2cn[nH]c23)CC1. The molecule has 2 fully saturated rings. The van der Waals surface area contributed by atoms with Crippen molar-refractivity contribution < 1.29 is 17.9 Å². The molecule has 4 rings (SSSR count). The second-order valence-corrected chi connectivity index (χ2v) is 10.0. The molecule has 2 saturated heterocycles. The first-order chi connectivity index (χ1) is 13.0. The van der Waals surface area contributed by atoms with Gasteiger partial charge in [0.15, 0.2) is 0 Å². The van der Waals surface area contributed by atoms with Crippen molar-refractivity contribution >= 4 is 15.9 Å². The van der Waals surface area contributed by atoms with E-state index in [9.17, 15) is 13.2 Å².